The molecule has 0 amide bonds. The lowest BCUT2D eigenvalue weighted by atomic mass is 9.78. The lowest BCUT2D eigenvalue weighted by Crippen LogP contribution is -2.48. The first-order valence-electron chi connectivity index (χ1n) is 7.40. The quantitative estimate of drug-likeness (QED) is 0.848. The first-order chi connectivity index (χ1) is 9.22. The molecule has 0 heterocycles. The maximum atomic E-state index is 12.9. The Morgan fingerprint density at radius 1 is 1.16 bits per heavy atom. The summed E-state index contributed by atoms with van der Waals surface area (Å²) in [5.41, 5.74) is 1.20. The fourth-order valence-corrected chi connectivity index (χ4v) is 2.97. The van der Waals surface area contributed by atoms with E-state index in [9.17, 15) is 4.39 Å². The molecule has 19 heavy (non-hydrogen) atoms. The van der Waals surface area contributed by atoms with Crippen molar-refractivity contribution in [3.05, 3.63) is 35.6 Å². The fraction of sp³-hybridized carbons (Fsp3) is 0.625. The van der Waals surface area contributed by atoms with Gasteiger partial charge in [-0.2, -0.15) is 0 Å². The van der Waals surface area contributed by atoms with E-state index in [1.807, 2.05) is 12.1 Å². The fourth-order valence-electron chi connectivity index (χ4n) is 2.97. The number of benzene rings is 1. The van der Waals surface area contributed by atoms with E-state index < -0.39 is 0 Å². The summed E-state index contributed by atoms with van der Waals surface area (Å²) < 4.78 is 12.9. The van der Waals surface area contributed by atoms with Crippen molar-refractivity contribution in [1.29, 1.82) is 0 Å². The number of nitrogens with zero attached hydrogens (tertiary/aromatic N) is 1. The average molecular weight is 262 g/mol. The molecule has 0 radical (unpaired) electrons. The molecule has 0 aromatic heterocycles. The largest absolute Gasteiger partial charge is 0.314 e. The van der Waals surface area contributed by atoms with E-state index in [4.69, 9.17) is 0 Å². The van der Waals surface area contributed by atoms with Crippen molar-refractivity contribution in [3.63, 3.8) is 0 Å². The van der Waals surface area contributed by atoms with Crippen molar-refractivity contribution < 1.29 is 4.39 Å². The Labute approximate surface area is 115 Å². The first-order valence-corrected chi connectivity index (χ1v) is 7.40. The van der Waals surface area contributed by atoms with Crippen LogP contribution < -0.4 is 5.32 Å². The van der Waals surface area contributed by atoms with Gasteiger partial charge in [0, 0.05) is 18.6 Å². The number of rotatable bonds is 6. The van der Waals surface area contributed by atoms with Gasteiger partial charge in [0.15, 0.2) is 0 Å². The first kappa shape index (κ1) is 13.1. The molecule has 2 unspecified atom stereocenters. The van der Waals surface area contributed by atoms with E-state index in [1.165, 1.54) is 37.8 Å². The summed E-state index contributed by atoms with van der Waals surface area (Å²) in [7, 11) is 2.19. The number of hydrogen-bond donors (Lipinski definition) is 1. The summed E-state index contributed by atoms with van der Waals surface area (Å²) in [5.74, 6) is 0.646. The van der Waals surface area contributed by atoms with Gasteiger partial charge in [-0.25, -0.2) is 4.39 Å². The third kappa shape index (κ3) is 3.34. The van der Waals surface area contributed by atoms with Crippen LogP contribution in [-0.4, -0.2) is 30.6 Å². The van der Waals surface area contributed by atoms with Gasteiger partial charge >= 0.3 is 0 Å². The molecular weight excluding hydrogens is 239 g/mol. The van der Waals surface area contributed by atoms with Crippen LogP contribution in [-0.2, 0) is 6.54 Å². The Hall–Kier alpha value is -0.930. The molecule has 2 fully saturated rings. The molecule has 2 saturated carbocycles. The van der Waals surface area contributed by atoms with Gasteiger partial charge in [-0.3, -0.25) is 4.90 Å². The van der Waals surface area contributed by atoms with Gasteiger partial charge in [0.05, 0.1) is 0 Å². The normalized spacial score (nSPS) is 26.5. The summed E-state index contributed by atoms with van der Waals surface area (Å²) in [5, 5.41) is 3.64. The molecule has 0 aliphatic heterocycles. The van der Waals surface area contributed by atoms with E-state index in [2.05, 4.69) is 17.3 Å². The highest BCUT2D eigenvalue weighted by atomic mass is 19.1. The highest BCUT2D eigenvalue weighted by molar-refractivity contribution is 5.16. The smallest absolute Gasteiger partial charge is 0.123 e. The number of nitrogens with one attached hydrogen (secondary N) is 1. The highest BCUT2D eigenvalue weighted by Crippen LogP contribution is 2.32. The third-order valence-electron chi connectivity index (χ3n) is 4.53. The summed E-state index contributed by atoms with van der Waals surface area (Å²) in [6, 6.07) is 8.38. The van der Waals surface area contributed by atoms with E-state index in [1.54, 1.807) is 12.1 Å². The van der Waals surface area contributed by atoms with Gasteiger partial charge in [0.25, 0.3) is 0 Å². The molecule has 104 valence electrons. The van der Waals surface area contributed by atoms with Gasteiger partial charge in [-0.05, 0) is 62.9 Å². The Morgan fingerprint density at radius 3 is 2.47 bits per heavy atom. The van der Waals surface area contributed by atoms with Crippen LogP contribution in [0, 0.1) is 11.7 Å². The van der Waals surface area contributed by atoms with Crippen molar-refractivity contribution in [2.24, 2.45) is 5.92 Å². The summed E-state index contributed by atoms with van der Waals surface area (Å²) in [6.07, 6.45) is 5.37. The molecular formula is C16H23FN2. The van der Waals surface area contributed by atoms with Crippen LogP contribution in [0.5, 0.6) is 0 Å². The van der Waals surface area contributed by atoms with Crippen LogP contribution in [0.15, 0.2) is 24.3 Å². The van der Waals surface area contributed by atoms with Crippen LogP contribution in [0.1, 0.15) is 31.2 Å². The van der Waals surface area contributed by atoms with E-state index in [-0.39, 0.29) is 5.82 Å². The zero-order valence-corrected chi connectivity index (χ0v) is 11.6. The van der Waals surface area contributed by atoms with Crippen LogP contribution in [0.25, 0.3) is 0 Å². The summed E-state index contributed by atoms with van der Waals surface area (Å²) in [6.45, 7) is 2.09. The van der Waals surface area contributed by atoms with Gasteiger partial charge < -0.3 is 5.32 Å². The molecule has 2 aliphatic carbocycles. The Kier molecular flexibility index (Phi) is 3.85. The highest BCUT2D eigenvalue weighted by Gasteiger charge is 2.34. The Morgan fingerprint density at radius 2 is 1.89 bits per heavy atom. The van der Waals surface area contributed by atoms with Gasteiger partial charge in [0.2, 0.25) is 0 Å². The summed E-state index contributed by atoms with van der Waals surface area (Å²) in [4.78, 5) is 2.43. The molecule has 1 aromatic rings. The van der Waals surface area contributed by atoms with Crippen LogP contribution in [0.4, 0.5) is 4.39 Å². The molecule has 2 nitrogen and oxygen atoms in total. The van der Waals surface area contributed by atoms with Crippen LogP contribution in [0.2, 0.25) is 0 Å². The second-order valence-corrected chi connectivity index (χ2v) is 6.13. The molecule has 0 saturated heterocycles. The number of halogens is 1. The minimum atomic E-state index is -0.151. The second-order valence-electron chi connectivity index (χ2n) is 6.13. The van der Waals surface area contributed by atoms with Crippen LogP contribution >= 0.6 is 0 Å². The number of hydrogen-bond acceptors (Lipinski definition) is 2. The van der Waals surface area contributed by atoms with Crippen molar-refractivity contribution >= 4 is 0 Å². The molecule has 3 rings (SSSR count). The molecule has 1 N–H and O–H groups in total. The predicted octanol–water partition coefficient (Wildman–Crippen LogP) is 2.79. The molecule has 3 heteroatoms. The summed E-state index contributed by atoms with van der Waals surface area (Å²) >= 11 is 0. The Bertz CT molecular complexity index is 413. The van der Waals surface area contributed by atoms with Gasteiger partial charge in [0.1, 0.15) is 5.82 Å². The monoisotopic (exact) mass is 262 g/mol. The topological polar surface area (TPSA) is 15.3 Å². The minimum Gasteiger partial charge on any atom is -0.314 e. The average Bonchev–Trinajstić information content (AvgIpc) is 3.15. The van der Waals surface area contributed by atoms with Crippen molar-refractivity contribution in [2.75, 3.05) is 13.6 Å². The predicted molar refractivity (Wildman–Crippen MR) is 75.4 cm³/mol. The minimum absolute atomic E-state index is 0.151. The second kappa shape index (κ2) is 5.59. The van der Waals surface area contributed by atoms with Gasteiger partial charge in [-0.15, -0.1) is 0 Å². The lowest BCUT2D eigenvalue weighted by molar-refractivity contribution is 0.0778. The lowest BCUT2D eigenvalue weighted by Gasteiger charge is -2.43. The van der Waals surface area contributed by atoms with Gasteiger partial charge in [-0.1, -0.05) is 12.1 Å². The standard InChI is InChI=1S/C16H23FN2/c1-19(11-12-2-5-14(17)6-3-12)16-9-4-13(16)10-18-15-7-8-15/h2-3,5-6,13,15-16,18H,4,7-11H2,1H3. The van der Waals surface area contributed by atoms with Crippen molar-refractivity contribution in [1.82, 2.24) is 10.2 Å². The third-order valence-corrected chi connectivity index (χ3v) is 4.53. The zero-order chi connectivity index (χ0) is 13.2. The SMILES string of the molecule is CN(Cc1ccc(F)cc1)C1CCC1CNC1CC1. The molecule has 0 bridgehead atoms. The van der Waals surface area contributed by atoms with E-state index in [0.29, 0.717) is 6.04 Å². The van der Waals surface area contributed by atoms with E-state index >= 15 is 0 Å². The molecule has 2 atom stereocenters. The zero-order valence-electron chi connectivity index (χ0n) is 11.6. The molecule has 2 aliphatic rings. The Balaban J connectivity index is 1.48. The molecule has 1 aromatic carbocycles. The van der Waals surface area contributed by atoms with Crippen molar-refractivity contribution in [3.8, 4) is 0 Å². The maximum Gasteiger partial charge on any atom is 0.123 e. The maximum absolute atomic E-state index is 12.9. The van der Waals surface area contributed by atoms with E-state index in [0.717, 1.165) is 18.5 Å². The van der Waals surface area contributed by atoms with Crippen LogP contribution in [0.3, 0.4) is 0 Å². The molecule has 0 spiro atoms. The van der Waals surface area contributed by atoms with Crippen molar-refractivity contribution in [2.45, 2.75) is 44.3 Å².